The fourth-order valence-corrected chi connectivity index (χ4v) is 4.21. The van der Waals surface area contributed by atoms with Gasteiger partial charge in [0.2, 0.25) is 0 Å². The summed E-state index contributed by atoms with van der Waals surface area (Å²) in [5, 5.41) is 11.4. The van der Waals surface area contributed by atoms with Crippen LogP contribution >= 0.6 is 0 Å². The Balaban J connectivity index is 1.41. The fourth-order valence-electron chi connectivity index (χ4n) is 4.21. The molecular formula is C24H30N4O2. The third kappa shape index (κ3) is 4.48. The van der Waals surface area contributed by atoms with Crippen molar-refractivity contribution in [3.63, 3.8) is 0 Å². The van der Waals surface area contributed by atoms with Gasteiger partial charge < -0.3 is 9.84 Å². The number of aromatic nitrogens is 3. The molecule has 1 aromatic carbocycles. The molecule has 2 heterocycles. The predicted octanol–water partition coefficient (Wildman–Crippen LogP) is 5.20. The van der Waals surface area contributed by atoms with Crippen LogP contribution in [0.3, 0.4) is 0 Å². The van der Waals surface area contributed by atoms with Crippen LogP contribution in [0.1, 0.15) is 78.9 Å². The molecule has 1 unspecified atom stereocenters. The van der Waals surface area contributed by atoms with Gasteiger partial charge in [0.1, 0.15) is 5.76 Å². The second-order valence-corrected chi connectivity index (χ2v) is 8.61. The van der Waals surface area contributed by atoms with Crippen LogP contribution in [-0.4, -0.2) is 20.8 Å². The van der Waals surface area contributed by atoms with E-state index in [2.05, 4.69) is 60.6 Å². The SMILES string of the molecule is CCCC1CCc2onc(C(=O)Nc3cnn(Cc4ccc(C(C)C)cc4)c3)c2C1. The van der Waals surface area contributed by atoms with Crippen molar-refractivity contribution < 1.29 is 9.32 Å². The van der Waals surface area contributed by atoms with E-state index in [1.807, 2.05) is 10.9 Å². The monoisotopic (exact) mass is 406 g/mol. The molecule has 1 aliphatic rings. The molecule has 30 heavy (non-hydrogen) atoms. The topological polar surface area (TPSA) is 73.0 Å². The third-order valence-electron chi connectivity index (χ3n) is 5.94. The summed E-state index contributed by atoms with van der Waals surface area (Å²) < 4.78 is 7.28. The predicted molar refractivity (Wildman–Crippen MR) is 117 cm³/mol. The first-order valence-corrected chi connectivity index (χ1v) is 10.9. The number of rotatable bonds is 7. The Hall–Kier alpha value is -2.89. The van der Waals surface area contributed by atoms with E-state index in [0.29, 0.717) is 29.8 Å². The highest BCUT2D eigenvalue weighted by atomic mass is 16.5. The highest BCUT2D eigenvalue weighted by molar-refractivity contribution is 6.03. The van der Waals surface area contributed by atoms with E-state index in [4.69, 9.17) is 4.52 Å². The molecule has 6 nitrogen and oxygen atoms in total. The second kappa shape index (κ2) is 8.86. The lowest BCUT2D eigenvalue weighted by Gasteiger charge is -2.20. The van der Waals surface area contributed by atoms with Crippen LogP contribution in [0.2, 0.25) is 0 Å². The zero-order chi connectivity index (χ0) is 21.1. The normalized spacial score (nSPS) is 15.9. The van der Waals surface area contributed by atoms with Crippen molar-refractivity contribution >= 4 is 11.6 Å². The summed E-state index contributed by atoms with van der Waals surface area (Å²) in [6.07, 6.45) is 8.72. The number of carbonyl (C=O) groups excluding carboxylic acids is 1. The Bertz CT molecular complexity index is 1000. The van der Waals surface area contributed by atoms with Gasteiger partial charge in [-0.3, -0.25) is 9.48 Å². The molecule has 1 amide bonds. The fraction of sp³-hybridized carbons (Fsp3) is 0.458. The summed E-state index contributed by atoms with van der Waals surface area (Å²) in [4.78, 5) is 12.8. The summed E-state index contributed by atoms with van der Waals surface area (Å²) in [5.41, 5.74) is 4.56. The van der Waals surface area contributed by atoms with E-state index in [1.54, 1.807) is 6.20 Å². The Morgan fingerprint density at radius 2 is 2.10 bits per heavy atom. The van der Waals surface area contributed by atoms with Crippen LogP contribution in [0.5, 0.6) is 0 Å². The molecule has 0 fully saturated rings. The van der Waals surface area contributed by atoms with Crippen LogP contribution in [0, 0.1) is 5.92 Å². The lowest BCUT2D eigenvalue weighted by Crippen LogP contribution is -2.18. The van der Waals surface area contributed by atoms with E-state index in [1.165, 1.54) is 17.5 Å². The van der Waals surface area contributed by atoms with Gasteiger partial charge in [-0.1, -0.05) is 63.0 Å². The molecule has 0 radical (unpaired) electrons. The van der Waals surface area contributed by atoms with Crippen molar-refractivity contribution in [1.82, 2.24) is 14.9 Å². The van der Waals surface area contributed by atoms with Crippen LogP contribution in [0.4, 0.5) is 5.69 Å². The maximum Gasteiger partial charge on any atom is 0.278 e. The molecule has 0 bridgehead atoms. The van der Waals surface area contributed by atoms with Crippen LogP contribution in [-0.2, 0) is 19.4 Å². The van der Waals surface area contributed by atoms with Gasteiger partial charge in [0.25, 0.3) is 5.91 Å². The van der Waals surface area contributed by atoms with Crippen molar-refractivity contribution in [2.75, 3.05) is 5.32 Å². The Morgan fingerprint density at radius 1 is 1.30 bits per heavy atom. The van der Waals surface area contributed by atoms with E-state index in [-0.39, 0.29) is 5.91 Å². The van der Waals surface area contributed by atoms with Gasteiger partial charge in [-0.15, -0.1) is 0 Å². The smallest absolute Gasteiger partial charge is 0.278 e. The molecule has 0 saturated heterocycles. The average molecular weight is 407 g/mol. The molecule has 0 saturated carbocycles. The molecule has 3 aromatic rings. The molecule has 1 atom stereocenters. The van der Waals surface area contributed by atoms with Gasteiger partial charge in [0.15, 0.2) is 5.69 Å². The van der Waals surface area contributed by atoms with E-state index in [9.17, 15) is 4.79 Å². The molecule has 0 aliphatic heterocycles. The molecule has 4 rings (SSSR count). The minimum atomic E-state index is -0.224. The molecule has 6 heteroatoms. The summed E-state index contributed by atoms with van der Waals surface area (Å²) in [5.74, 6) is 1.77. The Labute approximate surface area is 177 Å². The number of hydrogen-bond donors (Lipinski definition) is 1. The highest BCUT2D eigenvalue weighted by Gasteiger charge is 2.28. The average Bonchev–Trinajstić information content (AvgIpc) is 3.35. The number of hydrogen-bond acceptors (Lipinski definition) is 4. The maximum absolute atomic E-state index is 12.8. The first kappa shape index (κ1) is 20.4. The number of anilines is 1. The lowest BCUT2D eigenvalue weighted by atomic mass is 9.84. The van der Waals surface area contributed by atoms with Crippen molar-refractivity contribution in [3.05, 3.63) is 64.8 Å². The first-order chi connectivity index (χ1) is 14.5. The van der Waals surface area contributed by atoms with Gasteiger partial charge in [0, 0.05) is 18.2 Å². The van der Waals surface area contributed by atoms with Crippen LogP contribution in [0.15, 0.2) is 41.2 Å². The molecular weight excluding hydrogens is 376 g/mol. The van der Waals surface area contributed by atoms with Crippen LogP contribution in [0.25, 0.3) is 0 Å². The van der Waals surface area contributed by atoms with Gasteiger partial charge in [-0.25, -0.2) is 0 Å². The molecule has 0 spiro atoms. The number of nitrogens with one attached hydrogen (secondary N) is 1. The Morgan fingerprint density at radius 3 is 2.83 bits per heavy atom. The molecule has 1 N–H and O–H groups in total. The van der Waals surface area contributed by atoms with Crippen molar-refractivity contribution in [1.29, 1.82) is 0 Å². The maximum atomic E-state index is 12.8. The van der Waals surface area contributed by atoms with E-state index >= 15 is 0 Å². The third-order valence-corrected chi connectivity index (χ3v) is 5.94. The van der Waals surface area contributed by atoms with Gasteiger partial charge in [0.05, 0.1) is 18.4 Å². The summed E-state index contributed by atoms with van der Waals surface area (Å²) in [7, 11) is 0. The highest BCUT2D eigenvalue weighted by Crippen LogP contribution is 2.31. The zero-order valence-electron chi connectivity index (χ0n) is 18.0. The minimum Gasteiger partial charge on any atom is -0.360 e. The van der Waals surface area contributed by atoms with Crippen LogP contribution < -0.4 is 5.32 Å². The summed E-state index contributed by atoms with van der Waals surface area (Å²) in [6.45, 7) is 7.24. The Kier molecular flexibility index (Phi) is 6.02. The van der Waals surface area contributed by atoms with Gasteiger partial charge in [-0.2, -0.15) is 5.10 Å². The number of benzene rings is 1. The summed E-state index contributed by atoms with van der Waals surface area (Å²) in [6, 6.07) is 8.57. The minimum absolute atomic E-state index is 0.224. The number of aryl methyl sites for hydroxylation is 1. The van der Waals surface area contributed by atoms with Gasteiger partial charge >= 0.3 is 0 Å². The molecule has 2 aromatic heterocycles. The van der Waals surface area contributed by atoms with Gasteiger partial charge in [-0.05, 0) is 35.8 Å². The first-order valence-electron chi connectivity index (χ1n) is 10.9. The van der Waals surface area contributed by atoms with E-state index in [0.717, 1.165) is 37.0 Å². The standard InChI is InChI=1S/C24H30N4O2/c1-4-5-17-8-11-22-21(12-17)23(27-30-22)24(29)26-20-13-25-28(15-20)14-18-6-9-19(10-7-18)16(2)3/h6-7,9-10,13,15-17H,4-5,8,11-12,14H2,1-3H3,(H,26,29). The summed E-state index contributed by atoms with van der Waals surface area (Å²) >= 11 is 0. The quantitative estimate of drug-likeness (QED) is 0.585. The van der Waals surface area contributed by atoms with Crippen molar-refractivity contribution in [2.24, 2.45) is 5.92 Å². The number of carbonyl (C=O) groups is 1. The van der Waals surface area contributed by atoms with Crippen molar-refractivity contribution in [2.45, 2.75) is 65.3 Å². The van der Waals surface area contributed by atoms with Crippen molar-refractivity contribution in [3.8, 4) is 0 Å². The second-order valence-electron chi connectivity index (χ2n) is 8.61. The number of fused-ring (bicyclic) bond motifs is 1. The largest absolute Gasteiger partial charge is 0.360 e. The van der Waals surface area contributed by atoms with E-state index < -0.39 is 0 Å². The molecule has 1 aliphatic carbocycles. The number of nitrogens with zero attached hydrogens (tertiary/aromatic N) is 3. The lowest BCUT2D eigenvalue weighted by molar-refractivity contribution is 0.101. The zero-order valence-corrected chi connectivity index (χ0v) is 18.0. The number of amides is 1. The molecule has 158 valence electrons.